The van der Waals surface area contributed by atoms with Gasteiger partial charge in [-0.3, -0.25) is 0 Å². The van der Waals surface area contributed by atoms with Gasteiger partial charge in [-0.25, -0.2) is 8.78 Å². The average molecular weight is 200 g/mol. The Hall–Kier alpha value is -0.960. The molecule has 0 aliphatic heterocycles. The van der Waals surface area contributed by atoms with E-state index in [4.69, 9.17) is 0 Å². The van der Waals surface area contributed by atoms with Crippen molar-refractivity contribution in [1.29, 1.82) is 0 Å². The normalized spacial score (nSPS) is 15.2. The van der Waals surface area contributed by atoms with Gasteiger partial charge in [-0.1, -0.05) is 13.3 Å². The lowest BCUT2D eigenvalue weighted by molar-refractivity contribution is 0.0463. The second-order valence-corrected chi connectivity index (χ2v) is 3.68. The molecule has 0 spiro atoms. The molecule has 1 N–H and O–H groups in total. The summed E-state index contributed by atoms with van der Waals surface area (Å²) in [5, 5.41) is 9.90. The average Bonchev–Trinajstić information content (AvgIpc) is 2.02. The van der Waals surface area contributed by atoms with Crippen molar-refractivity contribution in [3.8, 4) is 0 Å². The monoisotopic (exact) mass is 200 g/mol. The van der Waals surface area contributed by atoms with Crippen LogP contribution in [0.2, 0.25) is 0 Å². The van der Waals surface area contributed by atoms with Crippen LogP contribution in [-0.4, -0.2) is 5.11 Å². The Morgan fingerprint density at radius 1 is 1.21 bits per heavy atom. The van der Waals surface area contributed by atoms with Gasteiger partial charge >= 0.3 is 0 Å². The van der Waals surface area contributed by atoms with Gasteiger partial charge in [0, 0.05) is 6.07 Å². The first-order chi connectivity index (χ1) is 6.45. The van der Waals surface area contributed by atoms with E-state index >= 15 is 0 Å². The summed E-state index contributed by atoms with van der Waals surface area (Å²) >= 11 is 0. The van der Waals surface area contributed by atoms with Crippen LogP contribution in [0, 0.1) is 11.6 Å². The highest BCUT2D eigenvalue weighted by molar-refractivity contribution is 5.23. The van der Waals surface area contributed by atoms with E-state index in [1.807, 2.05) is 6.92 Å². The summed E-state index contributed by atoms with van der Waals surface area (Å²) in [6.45, 7) is 3.47. The minimum atomic E-state index is -1.16. The highest BCUT2D eigenvalue weighted by Crippen LogP contribution is 2.26. The highest BCUT2D eigenvalue weighted by Gasteiger charge is 2.22. The molecule has 0 heterocycles. The summed E-state index contributed by atoms with van der Waals surface area (Å²) in [6.07, 6.45) is 1.24. The lowest BCUT2D eigenvalue weighted by Crippen LogP contribution is -2.21. The quantitative estimate of drug-likeness (QED) is 0.795. The fraction of sp³-hybridized carbons (Fsp3) is 0.455. The van der Waals surface area contributed by atoms with E-state index in [2.05, 4.69) is 0 Å². The maximum atomic E-state index is 12.8. The van der Waals surface area contributed by atoms with Gasteiger partial charge in [0.2, 0.25) is 0 Å². The van der Waals surface area contributed by atoms with Gasteiger partial charge in [-0.2, -0.15) is 0 Å². The summed E-state index contributed by atoms with van der Waals surface area (Å²) in [5.41, 5.74) is -0.866. The molecule has 0 saturated carbocycles. The van der Waals surface area contributed by atoms with Crippen molar-refractivity contribution in [2.75, 3.05) is 0 Å². The van der Waals surface area contributed by atoms with Crippen molar-refractivity contribution in [1.82, 2.24) is 0 Å². The van der Waals surface area contributed by atoms with Crippen LogP contribution in [0.1, 0.15) is 32.3 Å². The summed E-state index contributed by atoms with van der Waals surface area (Å²) in [5.74, 6) is -1.31. The Morgan fingerprint density at radius 2 is 1.71 bits per heavy atom. The molecular weight excluding hydrogens is 186 g/mol. The lowest BCUT2D eigenvalue weighted by atomic mass is 9.91. The molecule has 1 rings (SSSR count). The van der Waals surface area contributed by atoms with Crippen molar-refractivity contribution in [2.24, 2.45) is 0 Å². The molecule has 78 valence electrons. The first-order valence-electron chi connectivity index (χ1n) is 4.64. The number of rotatable bonds is 3. The number of halogens is 2. The molecule has 1 atom stereocenters. The number of hydrogen-bond donors (Lipinski definition) is 1. The van der Waals surface area contributed by atoms with Crippen LogP contribution in [0.4, 0.5) is 8.78 Å². The van der Waals surface area contributed by atoms with Crippen LogP contribution in [-0.2, 0) is 5.60 Å². The zero-order valence-electron chi connectivity index (χ0n) is 8.35. The minimum absolute atomic E-state index is 0.289. The highest BCUT2D eigenvalue weighted by atomic mass is 19.1. The molecule has 0 bridgehead atoms. The molecule has 0 radical (unpaired) electrons. The number of benzene rings is 1. The summed E-state index contributed by atoms with van der Waals surface area (Å²) < 4.78 is 25.7. The zero-order chi connectivity index (χ0) is 10.8. The lowest BCUT2D eigenvalue weighted by Gasteiger charge is -2.23. The van der Waals surface area contributed by atoms with Crippen molar-refractivity contribution in [3.05, 3.63) is 35.4 Å². The van der Waals surface area contributed by atoms with Crippen LogP contribution >= 0.6 is 0 Å². The molecule has 0 aliphatic carbocycles. The van der Waals surface area contributed by atoms with Crippen molar-refractivity contribution >= 4 is 0 Å². The maximum Gasteiger partial charge on any atom is 0.126 e. The predicted octanol–water partition coefficient (Wildman–Crippen LogP) is 2.97. The third-order valence-corrected chi connectivity index (χ3v) is 2.22. The molecule has 1 nitrogen and oxygen atoms in total. The van der Waals surface area contributed by atoms with E-state index in [9.17, 15) is 13.9 Å². The van der Waals surface area contributed by atoms with Crippen molar-refractivity contribution in [2.45, 2.75) is 32.3 Å². The zero-order valence-corrected chi connectivity index (χ0v) is 8.35. The number of aliphatic hydroxyl groups is 1. The van der Waals surface area contributed by atoms with Crippen LogP contribution in [0.15, 0.2) is 18.2 Å². The molecular formula is C11H14F2O. The van der Waals surface area contributed by atoms with E-state index in [1.165, 1.54) is 12.1 Å². The maximum absolute atomic E-state index is 12.8. The Balaban J connectivity index is 3.05. The van der Waals surface area contributed by atoms with Crippen molar-refractivity contribution in [3.63, 3.8) is 0 Å². The molecule has 0 fully saturated rings. The molecule has 3 heteroatoms. The fourth-order valence-corrected chi connectivity index (χ4v) is 1.50. The van der Waals surface area contributed by atoms with Gasteiger partial charge in [0.15, 0.2) is 0 Å². The SMILES string of the molecule is CCC[C@](C)(O)c1cc(F)cc(F)c1. The Morgan fingerprint density at radius 3 is 2.14 bits per heavy atom. The Bertz CT molecular complexity index is 301. The molecule has 0 unspecified atom stereocenters. The van der Waals surface area contributed by atoms with Crippen LogP contribution in [0.5, 0.6) is 0 Å². The molecule has 0 aromatic heterocycles. The van der Waals surface area contributed by atoms with E-state index < -0.39 is 17.2 Å². The van der Waals surface area contributed by atoms with E-state index in [1.54, 1.807) is 6.92 Å². The Kier molecular flexibility index (Phi) is 3.21. The van der Waals surface area contributed by atoms with E-state index in [0.717, 1.165) is 12.5 Å². The third-order valence-electron chi connectivity index (χ3n) is 2.22. The van der Waals surface area contributed by atoms with Gasteiger partial charge in [0.25, 0.3) is 0 Å². The smallest absolute Gasteiger partial charge is 0.126 e. The Labute approximate surface area is 82.4 Å². The second-order valence-electron chi connectivity index (χ2n) is 3.68. The van der Waals surface area contributed by atoms with Crippen LogP contribution in [0.25, 0.3) is 0 Å². The molecule has 0 amide bonds. The number of hydrogen-bond acceptors (Lipinski definition) is 1. The molecule has 1 aromatic rings. The molecule has 14 heavy (non-hydrogen) atoms. The van der Waals surface area contributed by atoms with Gasteiger partial charge in [0.05, 0.1) is 5.60 Å². The van der Waals surface area contributed by atoms with Gasteiger partial charge < -0.3 is 5.11 Å². The molecule has 0 aliphatic rings. The van der Waals surface area contributed by atoms with Gasteiger partial charge in [-0.15, -0.1) is 0 Å². The van der Waals surface area contributed by atoms with E-state index in [-0.39, 0.29) is 5.56 Å². The first-order valence-corrected chi connectivity index (χ1v) is 4.64. The third kappa shape index (κ3) is 2.51. The summed E-state index contributed by atoms with van der Waals surface area (Å²) in [6, 6.07) is 3.13. The standard InChI is InChI=1S/C11H14F2O/c1-3-4-11(2,14)8-5-9(12)7-10(13)6-8/h5-7,14H,3-4H2,1-2H3/t11-/m0/s1. The minimum Gasteiger partial charge on any atom is -0.385 e. The fourth-order valence-electron chi connectivity index (χ4n) is 1.50. The van der Waals surface area contributed by atoms with Gasteiger partial charge in [-0.05, 0) is 31.0 Å². The largest absolute Gasteiger partial charge is 0.385 e. The van der Waals surface area contributed by atoms with Crippen LogP contribution < -0.4 is 0 Å². The second kappa shape index (κ2) is 4.05. The summed E-state index contributed by atoms with van der Waals surface area (Å²) in [4.78, 5) is 0. The molecule has 1 aromatic carbocycles. The van der Waals surface area contributed by atoms with Crippen molar-refractivity contribution < 1.29 is 13.9 Å². The summed E-state index contributed by atoms with van der Waals surface area (Å²) in [7, 11) is 0. The molecule has 0 saturated heterocycles. The first kappa shape index (κ1) is 11.1. The van der Waals surface area contributed by atoms with Crippen LogP contribution in [0.3, 0.4) is 0 Å². The van der Waals surface area contributed by atoms with Gasteiger partial charge in [0.1, 0.15) is 11.6 Å². The van der Waals surface area contributed by atoms with E-state index in [0.29, 0.717) is 6.42 Å². The predicted molar refractivity (Wildman–Crippen MR) is 50.8 cm³/mol. The topological polar surface area (TPSA) is 20.2 Å².